The standard InChI is InChI=1S/C25H36F3N3O4S/c1-2-20-12-21(30-35-20)23(32)29-19-10-17-13-24(14-18(11-19)22(17)24)36(33,34)15-16-4-8-31(9-5-16)7-3-6-25(26,27)28/h12,16-19,22H,2-11,13-15H2,1H3,(H,29,32)/t17-,18+,19-,22?,24?. The summed E-state index contributed by atoms with van der Waals surface area (Å²) in [5.41, 5.74) is 0.291. The van der Waals surface area contributed by atoms with Gasteiger partial charge in [0, 0.05) is 24.9 Å². The molecule has 36 heavy (non-hydrogen) atoms. The number of hydrogen-bond acceptors (Lipinski definition) is 6. The Morgan fingerprint density at radius 1 is 1.22 bits per heavy atom. The van der Waals surface area contributed by atoms with Gasteiger partial charge in [-0.25, -0.2) is 8.42 Å². The number of nitrogens with zero attached hydrogens (tertiary/aromatic N) is 2. The van der Waals surface area contributed by atoms with Crippen molar-refractivity contribution in [3.8, 4) is 0 Å². The first-order valence-corrected chi connectivity index (χ1v) is 14.9. The summed E-state index contributed by atoms with van der Waals surface area (Å²) in [7, 11) is -3.24. The number of likely N-dealkylation sites (tertiary alicyclic amines) is 1. The molecule has 0 radical (unpaired) electrons. The molecule has 1 amide bonds. The van der Waals surface area contributed by atoms with E-state index in [2.05, 4.69) is 10.5 Å². The average Bonchev–Trinajstić information content (AvgIpc) is 3.25. The summed E-state index contributed by atoms with van der Waals surface area (Å²) in [6.45, 7) is 3.70. The summed E-state index contributed by atoms with van der Waals surface area (Å²) < 4.78 is 68.7. The van der Waals surface area contributed by atoms with Crippen LogP contribution in [0.4, 0.5) is 13.2 Å². The third-order valence-corrected chi connectivity index (χ3v) is 12.0. The first-order chi connectivity index (χ1) is 17.0. The van der Waals surface area contributed by atoms with E-state index in [1.807, 2.05) is 11.8 Å². The van der Waals surface area contributed by atoms with Crippen LogP contribution in [0.2, 0.25) is 0 Å². The lowest BCUT2D eigenvalue weighted by Crippen LogP contribution is -2.73. The van der Waals surface area contributed by atoms with Crippen molar-refractivity contribution in [3.63, 3.8) is 0 Å². The molecule has 3 aliphatic carbocycles. The molecule has 5 rings (SSSR count). The summed E-state index contributed by atoms with van der Waals surface area (Å²) >= 11 is 0. The molecule has 2 unspecified atom stereocenters. The number of sulfone groups is 1. The predicted octanol–water partition coefficient (Wildman–Crippen LogP) is 3.99. The van der Waals surface area contributed by atoms with Gasteiger partial charge >= 0.3 is 6.18 Å². The second-order valence-electron chi connectivity index (χ2n) is 11.5. The second-order valence-corrected chi connectivity index (χ2v) is 13.9. The zero-order valence-electron chi connectivity index (χ0n) is 20.7. The lowest BCUT2D eigenvalue weighted by Gasteiger charge is -2.70. The number of aromatic nitrogens is 1. The fourth-order valence-electron chi connectivity index (χ4n) is 7.49. The van der Waals surface area contributed by atoms with Gasteiger partial charge < -0.3 is 14.7 Å². The maximum Gasteiger partial charge on any atom is 0.389 e. The monoisotopic (exact) mass is 531 g/mol. The lowest BCUT2D eigenvalue weighted by molar-refractivity contribution is -0.136. The Balaban J connectivity index is 1.09. The molecular formula is C25H36F3N3O4S. The third-order valence-electron chi connectivity index (χ3n) is 9.20. The van der Waals surface area contributed by atoms with Crippen LogP contribution in [-0.2, 0) is 16.3 Å². The van der Waals surface area contributed by atoms with Crippen molar-refractivity contribution in [2.45, 2.75) is 81.7 Å². The van der Waals surface area contributed by atoms with E-state index in [1.54, 1.807) is 6.07 Å². The number of nitrogens with one attached hydrogen (secondary N) is 1. The van der Waals surface area contributed by atoms with Crippen molar-refractivity contribution < 1.29 is 30.9 Å². The number of piperidine rings is 1. The van der Waals surface area contributed by atoms with Gasteiger partial charge in [-0.05, 0) is 88.3 Å². The molecule has 5 atom stereocenters. The van der Waals surface area contributed by atoms with E-state index in [4.69, 9.17) is 4.52 Å². The SMILES string of the molecule is CCc1cc(C(=O)N[C@@H]2C[C@@H]3CC4(S(=O)(=O)CC5CCN(CCCC(F)(F)F)CC5)C[C@H](C2)C34)no1. The van der Waals surface area contributed by atoms with E-state index in [1.165, 1.54) is 0 Å². The Kier molecular flexibility index (Phi) is 6.93. The summed E-state index contributed by atoms with van der Waals surface area (Å²) in [4.78, 5) is 14.6. The van der Waals surface area contributed by atoms with Crippen LogP contribution in [-0.4, -0.2) is 66.7 Å². The van der Waals surface area contributed by atoms with Gasteiger partial charge in [-0.15, -0.1) is 0 Å². The minimum Gasteiger partial charge on any atom is -0.361 e. The Morgan fingerprint density at radius 2 is 1.89 bits per heavy atom. The van der Waals surface area contributed by atoms with Crippen molar-refractivity contribution in [2.75, 3.05) is 25.4 Å². The Labute approximate surface area is 210 Å². The van der Waals surface area contributed by atoms with E-state index < -0.39 is 27.2 Å². The van der Waals surface area contributed by atoms with E-state index >= 15 is 0 Å². The van der Waals surface area contributed by atoms with Crippen LogP contribution in [0.3, 0.4) is 0 Å². The number of amides is 1. The van der Waals surface area contributed by atoms with Crippen LogP contribution in [0.5, 0.6) is 0 Å². The van der Waals surface area contributed by atoms with Crippen molar-refractivity contribution in [2.24, 2.45) is 23.7 Å². The quantitative estimate of drug-likeness (QED) is 0.518. The number of carbonyl (C=O) groups excluding carboxylic acids is 1. The number of halogens is 3. The molecule has 3 saturated carbocycles. The molecule has 1 aliphatic heterocycles. The van der Waals surface area contributed by atoms with Gasteiger partial charge in [-0.2, -0.15) is 13.2 Å². The van der Waals surface area contributed by atoms with Gasteiger partial charge in [0.2, 0.25) is 0 Å². The molecule has 1 aromatic rings. The van der Waals surface area contributed by atoms with Crippen LogP contribution in [0.15, 0.2) is 10.6 Å². The summed E-state index contributed by atoms with van der Waals surface area (Å²) in [6, 6.07) is 1.70. The van der Waals surface area contributed by atoms with Gasteiger partial charge in [0.25, 0.3) is 5.91 Å². The highest BCUT2D eigenvalue weighted by molar-refractivity contribution is 7.92. The first-order valence-electron chi connectivity index (χ1n) is 13.3. The smallest absolute Gasteiger partial charge is 0.361 e. The van der Waals surface area contributed by atoms with Crippen molar-refractivity contribution in [1.82, 2.24) is 15.4 Å². The highest BCUT2D eigenvalue weighted by Crippen LogP contribution is 2.69. The fraction of sp³-hybridized carbons (Fsp3) is 0.840. The van der Waals surface area contributed by atoms with Gasteiger partial charge in [-0.3, -0.25) is 4.79 Å². The van der Waals surface area contributed by atoms with Crippen LogP contribution in [0, 0.1) is 23.7 Å². The average molecular weight is 532 g/mol. The minimum atomic E-state index is -4.12. The van der Waals surface area contributed by atoms with Gasteiger partial charge in [-0.1, -0.05) is 12.1 Å². The second kappa shape index (κ2) is 9.60. The van der Waals surface area contributed by atoms with Crippen LogP contribution in [0.1, 0.15) is 74.5 Å². The summed E-state index contributed by atoms with van der Waals surface area (Å²) in [6.07, 6.45) is 0.326. The highest BCUT2D eigenvalue weighted by Gasteiger charge is 2.72. The molecule has 1 N–H and O–H groups in total. The Hall–Kier alpha value is -1.62. The molecule has 0 bridgehead atoms. The molecule has 0 aromatic carbocycles. The lowest BCUT2D eigenvalue weighted by atomic mass is 9.42. The number of alkyl halides is 3. The van der Waals surface area contributed by atoms with Crippen LogP contribution >= 0.6 is 0 Å². The first kappa shape index (κ1) is 26.0. The van der Waals surface area contributed by atoms with Crippen molar-refractivity contribution in [1.29, 1.82) is 0 Å². The van der Waals surface area contributed by atoms with Crippen molar-refractivity contribution >= 4 is 15.7 Å². The number of aryl methyl sites for hydroxylation is 1. The van der Waals surface area contributed by atoms with Gasteiger partial charge in [0.15, 0.2) is 15.5 Å². The van der Waals surface area contributed by atoms with E-state index in [0.29, 0.717) is 62.2 Å². The topological polar surface area (TPSA) is 92.5 Å². The fourth-order valence-corrected chi connectivity index (χ4v) is 10.5. The molecule has 4 aliphatic rings. The maximum atomic E-state index is 13.5. The van der Waals surface area contributed by atoms with Crippen LogP contribution in [0.25, 0.3) is 0 Å². The molecule has 1 aromatic heterocycles. The van der Waals surface area contributed by atoms with Crippen LogP contribution < -0.4 is 5.32 Å². The molecular weight excluding hydrogens is 495 g/mol. The molecule has 7 nitrogen and oxygen atoms in total. The van der Waals surface area contributed by atoms with Crippen molar-refractivity contribution in [3.05, 3.63) is 17.5 Å². The number of carbonyl (C=O) groups is 1. The summed E-state index contributed by atoms with van der Waals surface area (Å²) in [5, 5.41) is 6.92. The summed E-state index contributed by atoms with van der Waals surface area (Å²) in [5.74, 6) is 1.59. The van der Waals surface area contributed by atoms with Gasteiger partial charge in [0.1, 0.15) is 5.76 Å². The predicted molar refractivity (Wildman–Crippen MR) is 127 cm³/mol. The molecule has 202 valence electrons. The highest BCUT2D eigenvalue weighted by atomic mass is 32.2. The van der Waals surface area contributed by atoms with Gasteiger partial charge in [0.05, 0.1) is 10.5 Å². The zero-order chi connectivity index (χ0) is 25.7. The molecule has 0 spiro atoms. The largest absolute Gasteiger partial charge is 0.389 e. The number of hydrogen-bond donors (Lipinski definition) is 1. The Morgan fingerprint density at radius 3 is 2.47 bits per heavy atom. The number of rotatable bonds is 9. The molecule has 11 heteroatoms. The van der Waals surface area contributed by atoms with E-state index in [-0.39, 0.29) is 36.0 Å². The minimum absolute atomic E-state index is 0.0354. The van der Waals surface area contributed by atoms with E-state index in [9.17, 15) is 26.4 Å². The maximum absolute atomic E-state index is 13.5. The molecule has 1 saturated heterocycles. The Bertz CT molecular complexity index is 1050. The normalized spacial score (nSPS) is 32.9. The molecule has 4 fully saturated rings. The van der Waals surface area contributed by atoms with E-state index in [0.717, 1.165) is 25.7 Å². The molecule has 2 heterocycles. The third kappa shape index (κ3) is 4.93. The zero-order valence-corrected chi connectivity index (χ0v) is 21.5.